The molecular formula is C28H57NO3. The lowest BCUT2D eigenvalue weighted by Gasteiger charge is -2.22. The maximum atomic E-state index is 11.8. The summed E-state index contributed by atoms with van der Waals surface area (Å²) in [5, 5.41) is 9.15. The summed E-state index contributed by atoms with van der Waals surface area (Å²) in [7, 11) is 0. The van der Waals surface area contributed by atoms with Crippen LogP contribution >= 0.6 is 0 Å². The molecule has 0 fully saturated rings. The second-order valence-electron chi connectivity index (χ2n) is 9.55. The summed E-state index contributed by atoms with van der Waals surface area (Å²) in [5.41, 5.74) is 0. The lowest BCUT2D eigenvalue weighted by molar-refractivity contribution is -0.143. The quantitative estimate of drug-likeness (QED) is 0.107. The van der Waals surface area contributed by atoms with E-state index in [-0.39, 0.29) is 5.97 Å². The highest BCUT2D eigenvalue weighted by molar-refractivity contribution is 5.69. The molecule has 192 valence electrons. The molecule has 0 aromatic heterocycles. The molecule has 0 aromatic carbocycles. The predicted molar refractivity (Wildman–Crippen MR) is 138 cm³/mol. The number of unbranched alkanes of at least 4 members (excludes halogenated alkanes) is 15. The number of rotatable bonds is 26. The summed E-state index contributed by atoms with van der Waals surface area (Å²) in [4.78, 5) is 14.4. The van der Waals surface area contributed by atoms with E-state index in [1.54, 1.807) is 0 Å². The monoisotopic (exact) mass is 455 g/mol. The van der Waals surface area contributed by atoms with Gasteiger partial charge in [0.05, 0.1) is 6.61 Å². The highest BCUT2D eigenvalue weighted by atomic mass is 16.5. The highest BCUT2D eigenvalue weighted by Gasteiger charge is 2.05. The van der Waals surface area contributed by atoms with Crippen LogP contribution in [0.5, 0.6) is 0 Å². The molecule has 0 aliphatic carbocycles. The van der Waals surface area contributed by atoms with Gasteiger partial charge in [0.15, 0.2) is 0 Å². The van der Waals surface area contributed by atoms with Crippen molar-refractivity contribution in [1.29, 1.82) is 0 Å². The number of esters is 1. The van der Waals surface area contributed by atoms with Gasteiger partial charge < -0.3 is 14.7 Å². The number of aliphatic hydroxyl groups excluding tert-OH is 1. The van der Waals surface area contributed by atoms with Gasteiger partial charge in [0.25, 0.3) is 0 Å². The fourth-order valence-corrected chi connectivity index (χ4v) is 4.20. The lowest BCUT2D eigenvalue weighted by Crippen LogP contribution is -2.27. The van der Waals surface area contributed by atoms with Crippen molar-refractivity contribution in [3.63, 3.8) is 0 Å². The minimum absolute atomic E-state index is 0.00917. The second kappa shape index (κ2) is 26.6. The molecule has 0 unspecified atom stereocenters. The molecule has 1 N–H and O–H groups in total. The van der Waals surface area contributed by atoms with Crippen LogP contribution in [0.2, 0.25) is 0 Å². The third-order valence-electron chi connectivity index (χ3n) is 6.33. The van der Waals surface area contributed by atoms with E-state index >= 15 is 0 Å². The van der Waals surface area contributed by atoms with Gasteiger partial charge >= 0.3 is 5.97 Å². The number of hydrogen-bond donors (Lipinski definition) is 1. The first-order valence-electron chi connectivity index (χ1n) is 14.2. The first-order chi connectivity index (χ1) is 15.7. The molecule has 0 rings (SSSR count). The average molecular weight is 456 g/mol. The van der Waals surface area contributed by atoms with Crippen LogP contribution in [-0.4, -0.2) is 48.8 Å². The Morgan fingerprint density at radius 1 is 0.594 bits per heavy atom. The van der Waals surface area contributed by atoms with Gasteiger partial charge in [0, 0.05) is 19.6 Å². The number of hydrogen-bond acceptors (Lipinski definition) is 4. The van der Waals surface area contributed by atoms with Crippen molar-refractivity contribution >= 4 is 5.97 Å². The van der Waals surface area contributed by atoms with Crippen molar-refractivity contribution in [2.75, 3.05) is 32.8 Å². The van der Waals surface area contributed by atoms with Crippen LogP contribution in [0.1, 0.15) is 142 Å². The van der Waals surface area contributed by atoms with Gasteiger partial charge in [-0.25, -0.2) is 0 Å². The zero-order chi connectivity index (χ0) is 23.5. The molecule has 0 aliphatic rings. The van der Waals surface area contributed by atoms with E-state index in [9.17, 15) is 4.79 Å². The van der Waals surface area contributed by atoms with Gasteiger partial charge in [0.2, 0.25) is 0 Å². The summed E-state index contributed by atoms with van der Waals surface area (Å²) >= 11 is 0. The number of carbonyl (C=O) groups excluding carboxylic acids is 1. The van der Waals surface area contributed by atoms with Gasteiger partial charge in [-0.05, 0) is 45.2 Å². The molecule has 4 heteroatoms. The molecule has 0 saturated heterocycles. The van der Waals surface area contributed by atoms with E-state index in [0.717, 1.165) is 38.8 Å². The lowest BCUT2D eigenvalue weighted by atomic mass is 10.1. The summed E-state index contributed by atoms with van der Waals surface area (Å²) in [5.74, 6) is -0.00917. The van der Waals surface area contributed by atoms with Crippen molar-refractivity contribution in [3.05, 3.63) is 0 Å². The topological polar surface area (TPSA) is 49.8 Å². The Kier molecular flexibility index (Phi) is 26.1. The molecular weight excluding hydrogens is 398 g/mol. The van der Waals surface area contributed by atoms with Crippen LogP contribution in [0.3, 0.4) is 0 Å². The van der Waals surface area contributed by atoms with E-state index in [1.807, 2.05) is 0 Å². The van der Waals surface area contributed by atoms with Crippen LogP contribution < -0.4 is 0 Å². The molecule has 4 nitrogen and oxygen atoms in total. The van der Waals surface area contributed by atoms with Crippen LogP contribution in [0.4, 0.5) is 0 Å². The molecule has 32 heavy (non-hydrogen) atoms. The fourth-order valence-electron chi connectivity index (χ4n) is 4.20. The number of ether oxygens (including phenoxy) is 1. The Labute approximate surface area is 200 Å². The van der Waals surface area contributed by atoms with E-state index in [1.165, 1.54) is 103 Å². The molecule has 0 bridgehead atoms. The van der Waals surface area contributed by atoms with E-state index in [0.29, 0.717) is 19.6 Å². The minimum atomic E-state index is -0.00917. The normalized spacial score (nSPS) is 11.4. The van der Waals surface area contributed by atoms with Crippen LogP contribution in [0, 0.1) is 0 Å². The van der Waals surface area contributed by atoms with Crippen molar-refractivity contribution in [1.82, 2.24) is 4.90 Å². The Morgan fingerprint density at radius 2 is 1.03 bits per heavy atom. The predicted octanol–water partition coefficient (Wildman–Crippen LogP) is 7.67. The van der Waals surface area contributed by atoms with Crippen molar-refractivity contribution in [2.45, 2.75) is 142 Å². The Hall–Kier alpha value is -0.610. The van der Waals surface area contributed by atoms with Gasteiger partial charge in [-0.1, -0.05) is 104 Å². The molecule has 0 heterocycles. The van der Waals surface area contributed by atoms with Crippen LogP contribution in [0.25, 0.3) is 0 Å². The van der Waals surface area contributed by atoms with Gasteiger partial charge in [-0.15, -0.1) is 0 Å². The molecule has 0 radical (unpaired) electrons. The second-order valence-corrected chi connectivity index (χ2v) is 9.55. The van der Waals surface area contributed by atoms with Gasteiger partial charge in [0.1, 0.15) is 0 Å². The molecule has 0 spiro atoms. The van der Waals surface area contributed by atoms with E-state index < -0.39 is 0 Å². The van der Waals surface area contributed by atoms with Crippen molar-refractivity contribution < 1.29 is 14.6 Å². The smallest absolute Gasteiger partial charge is 0.305 e. The zero-order valence-corrected chi connectivity index (χ0v) is 21.9. The summed E-state index contributed by atoms with van der Waals surface area (Å²) in [6, 6.07) is 0. The zero-order valence-electron chi connectivity index (χ0n) is 21.9. The first-order valence-corrected chi connectivity index (χ1v) is 14.2. The van der Waals surface area contributed by atoms with Crippen LogP contribution in [-0.2, 0) is 9.53 Å². The Morgan fingerprint density at radius 3 is 1.56 bits per heavy atom. The summed E-state index contributed by atoms with van der Waals surface area (Å²) in [6.45, 7) is 8.76. The standard InChI is InChI=1S/C28H57NO3/c1-3-5-7-9-11-16-20-27-32-28(31)22-17-13-12-15-19-24-29(25-21-26-30)23-18-14-10-8-6-4-2/h30H,3-27H2,1-2H3. The minimum Gasteiger partial charge on any atom is -0.466 e. The largest absolute Gasteiger partial charge is 0.466 e. The van der Waals surface area contributed by atoms with E-state index in [2.05, 4.69) is 18.7 Å². The maximum absolute atomic E-state index is 11.8. The number of carbonyl (C=O) groups is 1. The van der Waals surface area contributed by atoms with Crippen LogP contribution in [0.15, 0.2) is 0 Å². The van der Waals surface area contributed by atoms with Crippen molar-refractivity contribution in [3.8, 4) is 0 Å². The molecule has 0 saturated carbocycles. The van der Waals surface area contributed by atoms with E-state index in [4.69, 9.17) is 9.84 Å². The first kappa shape index (κ1) is 31.4. The number of aliphatic hydroxyl groups is 1. The van der Waals surface area contributed by atoms with Crippen molar-refractivity contribution in [2.24, 2.45) is 0 Å². The summed E-state index contributed by atoms with van der Waals surface area (Å²) < 4.78 is 5.37. The molecule has 0 atom stereocenters. The van der Waals surface area contributed by atoms with Gasteiger partial charge in [-0.2, -0.15) is 0 Å². The number of nitrogens with zero attached hydrogens (tertiary/aromatic N) is 1. The Balaban J connectivity index is 3.55. The molecule has 0 aliphatic heterocycles. The highest BCUT2D eigenvalue weighted by Crippen LogP contribution is 2.11. The summed E-state index contributed by atoms with van der Waals surface area (Å²) in [6.07, 6.45) is 24.0. The van der Waals surface area contributed by atoms with Gasteiger partial charge in [-0.3, -0.25) is 4.79 Å². The third kappa shape index (κ3) is 24.0. The SMILES string of the molecule is CCCCCCCCCOC(=O)CCCCCCCN(CCCO)CCCCCCCC. The average Bonchev–Trinajstić information content (AvgIpc) is 2.80. The molecule has 0 amide bonds. The maximum Gasteiger partial charge on any atom is 0.305 e. The molecule has 0 aromatic rings. The third-order valence-corrected chi connectivity index (χ3v) is 6.33. The fraction of sp³-hybridized carbons (Fsp3) is 0.964. The Bertz CT molecular complexity index is 376.